The number of carbonyl (C=O) groups excluding carboxylic acids is 1. The highest BCUT2D eigenvalue weighted by Gasteiger charge is 2.19. The van der Waals surface area contributed by atoms with Gasteiger partial charge in [0.15, 0.2) is 0 Å². The van der Waals surface area contributed by atoms with Crippen LogP contribution in [0.25, 0.3) is 11.4 Å². The van der Waals surface area contributed by atoms with Crippen molar-refractivity contribution in [1.29, 1.82) is 0 Å². The summed E-state index contributed by atoms with van der Waals surface area (Å²) >= 11 is 1.83. The van der Waals surface area contributed by atoms with Crippen LogP contribution in [0, 0.1) is 0 Å². The van der Waals surface area contributed by atoms with E-state index in [0.29, 0.717) is 23.8 Å². The third kappa shape index (κ3) is 3.33. The molecule has 1 aliphatic heterocycles. The van der Waals surface area contributed by atoms with E-state index in [-0.39, 0.29) is 5.97 Å². The van der Waals surface area contributed by atoms with Gasteiger partial charge >= 0.3 is 5.97 Å². The molecule has 0 saturated carbocycles. The highest BCUT2D eigenvalue weighted by molar-refractivity contribution is 7.10. The van der Waals surface area contributed by atoms with Crippen LogP contribution >= 0.6 is 11.3 Å². The van der Waals surface area contributed by atoms with Crippen LogP contribution in [0.1, 0.15) is 26.7 Å². The molecule has 25 heavy (non-hydrogen) atoms. The maximum Gasteiger partial charge on any atom is 0.337 e. The van der Waals surface area contributed by atoms with E-state index in [1.165, 1.54) is 17.6 Å². The van der Waals surface area contributed by atoms with Crippen LogP contribution in [-0.4, -0.2) is 34.7 Å². The molecule has 0 bridgehead atoms. The first-order valence-electron chi connectivity index (χ1n) is 8.02. The largest absolute Gasteiger partial charge is 0.465 e. The van der Waals surface area contributed by atoms with Crippen LogP contribution in [-0.2, 0) is 24.2 Å². The second-order valence-corrected chi connectivity index (χ2v) is 6.91. The number of hydrogen-bond donors (Lipinski definition) is 0. The molecular formula is C18H17N3O3S. The number of aromatic nitrogens is 2. The number of methoxy groups -OCH3 is 1. The van der Waals surface area contributed by atoms with Crippen LogP contribution in [0.4, 0.5) is 0 Å². The van der Waals surface area contributed by atoms with E-state index >= 15 is 0 Å². The quantitative estimate of drug-likeness (QED) is 0.670. The number of fused-ring (bicyclic) bond motifs is 1. The summed E-state index contributed by atoms with van der Waals surface area (Å²) < 4.78 is 10.1. The number of thiophene rings is 1. The summed E-state index contributed by atoms with van der Waals surface area (Å²) in [5.74, 6) is 0.767. The minimum absolute atomic E-state index is 0.363. The van der Waals surface area contributed by atoms with Gasteiger partial charge < -0.3 is 9.26 Å². The Morgan fingerprint density at radius 1 is 1.32 bits per heavy atom. The van der Waals surface area contributed by atoms with Crippen molar-refractivity contribution < 1.29 is 14.1 Å². The Morgan fingerprint density at radius 2 is 2.16 bits per heavy atom. The van der Waals surface area contributed by atoms with Gasteiger partial charge in [-0.15, -0.1) is 11.3 Å². The molecule has 0 aliphatic carbocycles. The normalized spacial score (nSPS) is 14.3. The summed E-state index contributed by atoms with van der Waals surface area (Å²) in [6.07, 6.45) is 1.07. The zero-order valence-electron chi connectivity index (χ0n) is 13.8. The molecule has 2 aromatic heterocycles. The van der Waals surface area contributed by atoms with Crippen LogP contribution < -0.4 is 0 Å². The van der Waals surface area contributed by atoms with Gasteiger partial charge in [0.1, 0.15) is 0 Å². The van der Waals surface area contributed by atoms with Crippen LogP contribution in [0.15, 0.2) is 40.2 Å². The second-order valence-electron chi connectivity index (χ2n) is 5.91. The fourth-order valence-corrected chi connectivity index (χ4v) is 3.83. The number of rotatable bonds is 4. The van der Waals surface area contributed by atoms with E-state index in [4.69, 9.17) is 9.26 Å². The summed E-state index contributed by atoms with van der Waals surface area (Å²) in [4.78, 5) is 19.7. The Labute approximate surface area is 149 Å². The van der Waals surface area contributed by atoms with Gasteiger partial charge in [0.25, 0.3) is 0 Å². The number of nitrogens with zero attached hydrogens (tertiary/aromatic N) is 3. The van der Waals surface area contributed by atoms with Gasteiger partial charge in [0, 0.05) is 23.5 Å². The van der Waals surface area contributed by atoms with Crippen molar-refractivity contribution in [3.05, 3.63) is 57.6 Å². The van der Waals surface area contributed by atoms with Crippen molar-refractivity contribution in [3.8, 4) is 11.4 Å². The lowest BCUT2D eigenvalue weighted by Crippen LogP contribution is -2.29. The van der Waals surface area contributed by atoms with Gasteiger partial charge in [-0.05, 0) is 35.6 Å². The van der Waals surface area contributed by atoms with Crippen LogP contribution in [0.3, 0.4) is 0 Å². The molecule has 0 N–H and O–H groups in total. The Hall–Kier alpha value is -2.51. The summed E-state index contributed by atoms with van der Waals surface area (Å²) in [7, 11) is 1.36. The smallest absolute Gasteiger partial charge is 0.337 e. The van der Waals surface area contributed by atoms with Gasteiger partial charge in [0.05, 0.1) is 19.2 Å². The summed E-state index contributed by atoms with van der Waals surface area (Å²) in [5.41, 5.74) is 2.70. The predicted octanol–water partition coefficient (Wildman–Crippen LogP) is 3.14. The minimum Gasteiger partial charge on any atom is -0.465 e. The fourth-order valence-electron chi connectivity index (χ4n) is 2.94. The molecule has 1 aromatic carbocycles. The molecule has 0 atom stereocenters. The lowest BCUT2D eigenvalue weighted by Gasteiger charge is -2.24. The van der Waals surface area contributed by atoms with E-state index < -0.39 is 0 Å². The first-order chi connectivity index (χ1) is 12.2. The third-order valence-electron chi connectivity index (χ3n) is 4.28. The highest BCUT2D eigenvalue weighted by Crippen LogP contribution is 2.25. The summed E-state index contributed by atoms with van der Waals surface area (Å²) in [6.45, 7) is 2.56. The van der Waals surface area contributed by atoms with Crippen LogP contribution in [0.5, 0.6) is 0 Å². The number of carbonyl (C=O) groups is 1. The average Bonchev–Trinajstić information content (AvgIpc) is 3.30. The Balaban J connectivity index is 1.45. The van der Waals surface area contributed by atoms with E-state index in [0.717, 1.165) is 25.1 Å². The van der Waals surface area contributed by atoms with E-state index in [1.54, 1.807) is 24.3 Å². The lowest BCUT2D eigenvalue weighted by atomic mass is 10.1. The molecule has 7 heteroatoms. The van der Waals surface area contributed by atoms with Gasteiger partial charge in [-0.1, -0.05) is 17.3 Å². The second kappa shape index (κ2) is 6.78. The number of hydrogen-bond acceptors (Lipinski definition) is 7. The predicted molar refractivity (Wildman–Crippen MR) is 93.2 cm³/mol. The molecule has 6 nitrogen and oxygen atoms in total. The maximum atomic E-state index is 11.5. The molecule has 128 valence electrons. The Morgan fingerprint density at radius 3 is 2.96 bits per heavy atom. The third-order valence-corrected chi connectivity index (χ3v) is 5.30. The molecule has 0 amide bonds. The zero-order valence-corrected chi connectivity index (χ0v) is 14.6. The molecule has 1 aliphatic rings. The standard InChI is InChI=1S/C18H17N3O3S/c1-23-18(22)13-4-2-12(3-5-13)17-19-16(24-20-17)11-21-8-6-15-14(10-21)7-9-25-15/h2-5,7,9H,6,8,10-11H2,1H3. The summed E-state index contributed by atoms with van der Waals surface area (Å²) in [6, 6.07) is 9.16. The summed E-state index contributed by atoms with van der Waals surface area (Å²) in [5, 5.41) is 6.20. The molecular weight excluding hydrogens is 338 g/mol. The molecule has 4 rings (SSSR count). The highest BCUT2D eigenvalue weighted by atomic mass is 32.1. The fraction of sp³-hybridized carbons (Fsp3) is 0.278. The van der Waals surface area contributed by atoms with Crippen molar-refractivity contribution >= 4 is 17.3 Å². The van der Waals surface area contributed by atoms with Gasteiger partial charge in [0.2, 0.25) is 11.7 Å². The zero-order chi connectivity index (χ0) is 17.2. The van der Waals surface area contributed by atoms with Gasteiger partial charge in [-0.3, -0.25) is 4.90 Å². The average molecular weight is 355 g/mol. The van der Waals surface area contributed by atoms with Crippen molar-refractivity contribution in [2.45, 2.75) is 19.5 Å². The Kier molecular flexibility index (Phi) is 4.33. The number of esters is 1. The molecule has 0 spiro atoms. The van der Waals surface area contributed by atoms with Gasteiger partial charge in [-0.2, -0.15) is 4.98 Å². The van der Waals surface area contributed by atoms with E-state index in [2.05, 4.69) is 26.5 Å². The van der Waals surface area contributed by atoms with Gasteiger partial charge in [-0.25, -0.2) is 4.79 Å². The molecule has 3 heterocycles. The van der Waals surface area contributed by atoms with E-state index in [9.17, 15) is 4.79 Å². The van der Waals surface area contributed by atoms with Crippen molar-refractivity contribution in [1.82, 2.24) is 15.0 Å². The lowest BCUT2D eigenvalue weighted by molar-refractivity contribution is 0.0601. The molecule has 0 radical (unpaired) electrons. The number of ether oxygens (including phenoxy) is 1. The minimum atomic E-state index is -0.363. The number of benzene rings is 1. The first kappa shape index (κ1) is 16.0. The molecule has 0 unspecified atom stereocenters. The molecule has 3 aromatic rings. The maximum absolute atomic E-state index is 11.5. The SMILES string of the molecule is COC(=O)c1ccc(-c2noc(CN3CCc4sccc4C3)n2)cc1. The van der Waals surface area contributed by atoms with E-state index in [1.807, 2.05) is 11.3 Å². The van der Waals surface area contributed by atoms with Crippen molar-refractivity contribution in [2.75, 3.05) is 13.7 Å². The van der Waals surface area contributed by atoms with Crippen molar-refractivity contribution in [2.24, 2.45) is 0 Å². The Bertz CT molecular complexity index is 885. The molecule has 0 fully saturated rings. The molecule has 0 saturated heterocycles. The first-order valence-corrected chi connectivity index (χ1v) is 8.90. The van der Waals surface area contributed by atoms with Crippen LogP contribution in [0.2, 0.25) is 0 Å². The topological polar surface area (TPSA) is 68.5 Å². The van der Waals surface area contributed by atoms with Crippen molar-refractivity contribution in [3.63, 3.8) is 0 Å². The monoisotopic (exact) mass is 355 g/mol.